The number of likely N-dealkylation sites (N-methyl/N-ethyl adjacent to an activating group) is 1. The zero-order chi connectivity index (χ0) is 18.1. The van der Waals surface area contributed by atoms with Gasteiger partial charge in [0.15, 0.2) is 0 Å². The van der Waals surface area contributed by atoms with Gasteiger partial charge >= 0.3 is 0 Å². The van der Waals surface area contributed by atoms with Crippen LogP contribution in [0.3, 0.4) is 0 Å². The second-order valence-electron chi connectivity index (χ2n) is 5.59. The van der Waals surface area contributed by atoms with Crippen molar-refractivity contribution in [2.45, 2.75) is 19.9 Å². The molecule has 2 aromatic rings. The molecule has 0 fully saturated rings. The van der Waals surface area contributed by atoms with Gasteiger partial charge < -0.3 is 14.5 Å². The monoisotopic (exact) mass is 342 g/mol. The van der Waals surface area contributed by atoms with Crippen molar-refractivity contribution < 1.29 is 13.9 Å². The fourth-order valence-electron chi connectivity index (χ4n) is 2.70. The highest BCUT2D eigenvalue weighted by molar-refractivity contribution is 5.94. The van der Waals surface area contributed by atoms with Crippen molar-refractivity contribution in [1.82, 2.24) is 10.2 Å². The van der Waals surface area contributed by atoms with Gasteiger partial charge in [-0.2, -0.15) is 0 Å². The zero-order valence-electron chi connectivity index (χ0n) is 14.9. The van der Waals surface area contributed by atoms with Crippen molar-refractivity contribution in [3.05, 3.63) is 66.6 Å². The van der Waals surface area contributed by atoms with E-state index < -0.39 is 0 Å². The molecule has 0 aliphatic carbocycles. The van der Waals surface area contributed by atoms with Crippen molar-refractivity contribution in [3.63, 3.8) is 0 Å². The van der Waals surface area contributed by atoms with Crippen LogP contribution in [-0.4, -0.2) is 37.0 Å². The first-order chi connectivity index (χ1) is 12.2. The van der Waals surface area contributed by atoms with Crippen LogP contribution in [0.1, 0.15) is 36.0 Å². The summed E-state index contributed by atoms with van der Waals surface area (Å²) in [5.41, 5.74) is 0.601. The number of furan rings is 1. The van der Waals surface area contributed by atoms with Gasteiger partial charge in [0, 0.05) is 12.1 Å². The molecule has 0 spiro atoms. The van der Waals surface area contributed by atoms with Crippen LogP contribution < -0.4 is 10.1 Å². The third-order valence-corrected chi connectivity index (χ3v) is 4.07. The van der Waals surface area contributed by atoms with Gasteiger partial charge in [0.05, 0.1) is 12.3 Å². The minimum Gasteiger partial charge on any atom is -0.490 e. The predicted molar refractivity (Wildman–Crippen MR) is 98.8 cm³/mol. The number of benzene rings is 1. The molecule has 0 radical (unpaired) electrons. The Bertz CT molecular complexity index is 646. The first-order valence-electron chi connectivity index (χ1n) is 8.59. The summed E-state index contributed by atoms with van der Waals surface area (Å²) < 4.78 is 11.0. The zero-order valence-corrected chi connectivity index (χ0v) is 14.9. The maximum Gasteiger partial charge on any atom is 0.251 e. The van der Waals surface area contributed by atoms with E-state index in [1.807, 2.05) is 12.1 Å². The average molecular weight is 342 g/mol. The Morgan fingerprint density at radius 3 is 2.56 bits per heavy atom. The molecule has 2 rings (SSSR count). The lowest BCUT2D eigenvalue weighted by Crippen LogP contribution is -2.37. The molecule has 1 aromatic heterocycles. The van der Waals surface area contributed by atoms with Crippen molar-refractivity contribution >= 4 is 5.91 Å². The molecule has 0 saturated heterocycles. The van der Waals surface area contributed by atoms with Crippen LogP contribution in [0, 0.1) is 0 Å². The standard InChI is InChI=1S/C20H26N2O3/c1-4-13-24-17-11-9-16(10-12-17)20(23)21-15-18(22(5-2)6-3)19-8-7-14-25-19/h4,7-12,14,18H,1,5-6,13,15H2,2-3H3,(H,21,23). The number of ether oxygens (including phenoxy) is 1. The number of nitrogens with one attached hydrogen (secondary N) is 1. The summed E-state index contributed by atoms with van der Waals surface area (Å²) in [5, 5.41) is 3.00. The first-order valence-corrected chi connectivity index (χ1v) is 8.59. The molecule has 5 heteroatoms. The van der Waals surface area contributed by atoms with E-state index in [0.29, 0.717) is 24.5 Å². The van der Waals surface area contributed by atoms with Gasteiger partial charge in [-0.3, -0.25) is 9.69 Å². The summed E-state index contributed by atoms with van der Waals surface area (Å²) in [4.78, 5) is 14.7. The fraction of sp³-hybridized carbons (Fsp3) is 0.350. The second-order valence-corrected chi connectivity index (χ2v) is 5.59. The fourth-order valence-corrected chi connectivity index (χ4v) is 2.70. The minimum absolute atomic E-state index is 0.0177. The molecule has 1 heterocycles. The van der Waals surface area contributed by atoms with Gasteiger partial charge in [-0.1, -0.05) is 26.5 Å². The van der Waals surface area contributed by atoms with E-state index >= 15 is 0 Å². The molecule has 0 bridgehead atoms. The second kappa shape index (κ2) is 9.69. The molecule has 134 valence electrons. The Kier molecular flexibility index (Phi) is 7.29. The summed E-state index contributed by atoms with van der Waals surface area (Å²) in [7, 11) is 0. The molecule has 25 heavy (non-hydrogen) atoms. The van der Waals surface area contributed by atoms with E-state index in [4.69, 9.17) is 9.15 Å². The number of nitrogens with zero attached hydrogens (tertiary/aromatic N) is 1. The summed E-state index contributed by atoms with van der Waals surface area (Å²) in [6, 6.07) is 10.9. The average Bonchev–Trinajstić information content (AvgIpc) is 3.18. The number of rotatable bonds is 10. The summed E-state index contributed by atoms with van der Waals surface area (Å²) in [5.74, 6) is 1.46. The van der Waals surface area contributed by atoms with E-state index in [9.17, 15) is 4.79 Å². The Morgan fingerprint density at radius 2 is 2.00 bits per heavy atom. The molecule has 0 aliphatic heterocycles. The molecular formula is C20H26N2O3. The molecule has 1 unspecified atom stereocenters. The topological polar surface area (TPSA) is 54.7 Å². The van der Waals surface area contributed by atoms with Crippen LogP contribution in [0.5, 0.6) is 5.75 Å². The molecule has 0 aliphatic rings. The van der Waals surface area contributed by atoms with Crippen LogP contribution in [-0.2, 0) is 0 Å². The molecule has 0 saturated carbocycles. The van der Waals surface area contributed by atoms with Gasteiger partial charge in [-0.05, 0) is 49.5 Å². The van der Waals surface area contributed by atoms with Gasteiger partial charge in [0.1, 0.15) is 18.1 Å². The third kappa shape index (κ3) is 5.22. The van der Waals surface area contributed by atoms with Gasteiger partial charge in [0.25, 0.3) is 5.91 Å². The normalized spacial score (nSPS) is 12.0. The lowest BCUT2D eigenvalue weighted by molar-refractivity contribution is 0.0929. The SMILES string of the molecule is C=CCOc1ccc(C(=O)NCC(c2ccco2)N(CC)CC)cc1. The highest BCUT2D eigenvalue weighted by Gasteiger charge is 2.21. The maximum absolute atomic E-state index is 12.4. The Labute approximate surface area is 149 Å². The Morgan fingerprint density at radius 1 is 1.28 bits per heavy atom. The quantitative estimate of drug-likeness (QED) is 0.670. The van der Waals surface area contributed by atoms with Gasteiger partial charge in [-0.25, -0.2) is 0 Å². The van der Waals surface area contributed by atoms with Crippen molar-refractivity contribution in [2.75, 3.05) is 26.2 Å². The molecule has 1 N–H and O–H groups in total. The number of amides is 1. The van der Waals surface area contributed by atoms with Crippen molar-refractivity contribution in [2.24, 2.45) is 0 Å². The number of hydrogen-bond donors (Lipinski definition) is 1. The number of carbonyl (C=O) groups is 1. The summed E-state index contributed by atoms with van der Waals surface area (Å²) >= 11 is 0. The van der Waals surface area contributed by atoms with Gasteiger partial charge in [-0.15, -0.1) is 0 Å². The molecule has 1 atom stereocenters. The first kappa shape index (κ1) is 18.8. The van der Waals surface area contributed by atoms with E-state index in [0.717, 1.165) is 18.8 Å². The summed E-state index contributed by atoms with van der Waals surface area (Å²) in [6.45, 7) is 10.5. The molecule has 1 amide bonds. The number of carbonyl (C=O) groups excluding carboxylic acids is 1. The molecule has 1 aromatic carbocycles. The highest BCUT2D eigenvalue weighted by Crippen LogP contribution is 2.20. The maximum atomic E-state index is 12.4. The lowest BCUT2D eigenvalue weighted by atomic mass is 10.1. The van der Waals surface area contributed by atoms with Crippen LogP contribution in [0.4, 0.5) is 0 Å². The highest BCUT2D eigenvalue weighted by atomic mass is 16.5. The molecule has 5 nitrogen and oxygen atoms in total. The Balaban J connectivity index is 1.99. The van der Waals surface area contributed by atoms with Crippen LogP contribution >= 0.6 is 0 Å². The van der Waals surface area contributed by atoms with Crippen molar-refractivity contribution in [1.29, 1.82) is 0 Å². The van der Waals surface area contributed by atoms with E-state index in [1.165, 1.54) is 0 Å². The largest absolute Gasteiger partial charge is 0.490 e. The van der Waals surface area contributed by atoms with Crippen molar-refractivity contribution in [3.8, 4) is 5.75 Å². The lowest BCUT2D eigenvalue weighted by Gasteiger charge is -2.28. The van der Waals surface area contributed by atoms with E-state index in [2.05, 4.69) is 30.6 Å². The minimum atomic E-state index is -0.112. The third-order valence-electron chi connectivity index (χ3n) is 4.07. The van der Waals surface area contributed by atoms with Crippen LogP contribution in [0.15, 0.2) is 59.7 Å². The van der Waals surface area contributed by atoms with Crippen LogP contribution in [0.25, 0.3) is 0 Å². The predicted octanol–water partition coefficient (Wildman–Crippen LogP) is 3.66. The van der Waals surface area contributed by atoms with Gasteiger partial charge in [0.2, 0.25) is 0 Å². The van der Waals surface area contributed by atoms with E-state index in [1.54, 1.807) is 36.6 Å². The van der Waals surface area contributed by atoms with Crippen LogP contribution in [0.2, 0.25) is 0 Å². The smallest absolute Gasteiger partial charge is 0.251 e. The van der Waals surface area contributed by atoms with E-state index in [-0.39, 0.29) is 11.9 Å². The number of hydrogen-bond acceptors (Lipinski definition) is 4. The Hall–Kier alpha value is -2.53. The molecular weight excluding hydrogens is 316 g/mol. The summed E-state index contributed by atoms with van der Waals surface area (Å²) in [6.07, 6.45) is 3.35.